The zero-order chi connectivity index (χ0) is 26.8. The first-order valence-corrected chi connectivity index (χ1v) is 14.4. The summed E-state index contributed by atoms with van der Waals surface area (Å²) in [6.45, 7) is 8.86. The Morgan fingerprint density at radius 2 is 1.61 bits per heavy atom. The molecule has 0 aromatic heterocycles. The number of benzene rings is 1. The molecule has 8 atom stereocenters. The number of unbranched alkanes of at least 4 members (excludes halogenated alkanes) is 3. The van der Waals surface area contributed by atoms with E-state index < -0.39 is 48.9 Å². The van der Waals surface area contributed by atoms with Crippen molar-refractivity contribution >= 4 is 0 Å². The minimum Gasteiger partial charge on any atom is -0.378 e. The molecule has 0 saturated carbocycles. The molecule has 3 heterocycles. The molecule has 3 aliphatic rings. The zero-order valence-corrected chi connectivity index (χ0v) is 23.1. The standard InChI is InChI=1S/C29H46O9/c1-4-7-15-31-19-29-20-35-28(25(29)37-27(38-29)21-13-11-10-12-14-21)36-23-22(32-16-8-5-2)18-34-26(30)24(23)33-17-9-6-3/h10-14,22-28,30H,4-9,15-20H2,1-3H3/t22-,23?,24?,25?,26-,27+,28+,29?/m1/s1. The summed E-state index contributed by atoms with van der Waals surface area (Å²) in [4.78, 5) is 0. The molecule has 1 aromatic rings. The van der Waals surface area contributed by atoms with Crippen LogP contribution in [0.1, 0.15) is 71.1 Å². The maximum atomic E-state index is 10.7. The molecule has 216 valence electrons. The average molecular weight is 539 g/mol. The number of ether oxygens (including phenoxy) is 8. The van der Waals surface area contributed by atoms with Gasteiger partial charge in [0.1, 0.15) is 30.0 Å². The lowest BCUT2D eigenvalue weighted by atomic mass is 10.00. The highest BCUT2D eigenvalue weighted by Crippen LogP contribution is 2.46. The van der Waals surface area contributed by atoms with Crippen LogP contribution < -0.4 is 0 Å². The molecule has 0 spiro atoms. The predicted molar refractivity (Wildman–Crippen MR) is 139 cm³/mol. The first-order chi connectivity index (χ1) is 18.6. The lowest BCUT2D eigenvalue weighted by Gasteiger charge is -2.41. The van der Waals surface area contributed by atoms with Crippen LogP contribution in [0.3, 0.4) is 0 Å². The molecule has 3 saturated heterocycles. The summed E-state index contributed by atoms with van der Waals surface area (Å²) < 4.78 is 49.6. The maximum absolute atomic E-state index is 10.7. The largest absolute Gasteiger partial charge is 0.378 e. The minimum absolute atomic E-state index is 0.204. The van der Waals surface area contributed by atoms with E-state index in [2.05, 4.69) is 20.8 Å². The van der Waals surface area contributed by atoms with Crippen LogP contribution in [0, 0.1) is 0 Å². The van der Waals surface area contributed by atoms with Crippen molar-refractivity contribution < 1.29 is 43.0 Å². The monoisotopic (exact) mass is 538 g/mol. The molecule has 0 aliphatic carbocycles. The van der Waals surface area contributed by atoms with Gasteiger partial charge in [-0.25, -0.2) is 0 Å². The van der Waals surface area contributed by atoms with Crippen LogP contribution in [0.4, 0.5) is 0 Å². The zero-order valence-electron chi connectivity index (χ0n) is 23.1. The normalized spacial score (nSPS) is 35.0. The Hall–Kier alpha value is -1.14. The smallest absolute Gasteiger partial charge is 0.187 e. The van der Waals surface area contributed by atoms with Gasteiger partial charge >= 0.3 is 0 Å². The number of hydrogen-bond acceptors (Lipinski definition) is 9. The summed E-state index contributed by atoms with van der Waals surface area (Å²) in [5, 5.41) is 10.7. The van der Waals surface area contributed by atoms with Gasteiger partial charge < -0.3 is 43.0 Å². The third kappa shape index (κ3) is 7.33. The van der Waals surface area contributed by atoms with Crippen molar-refractivity contribution in [3.8, 4) is 0 Å². The van der Waals surface area contributed by atoms with Crippen molar-refractivity contribution in [3.05, 3.63) is 35.9 Å². The highest BCUT2D eigenvalue weighted by molar-refractivity contribution is 5.18. The third-order valence-corrected chi connectivity index (χ3v) is 7.26. The Morgan fingerprint density at radius 3 is 2.34 bits per heavy atom. The predicted octanol–water partition coefficient (Wildman–Crippen LogP) is 4.12. The van der Waals surface area contributed by atoms with Crippen LogP contribution in [-0.4, -0.2) is 87.3 Å². The fourth-order valence-corrected chi connectivity index (χ4v) is 4.96. The summed E-state index contributed by atoms with van der Waals surface area (Å²) >= 11 is 0. The van der Waals surface area contributed by atoms with Crippen molar-refractivity contribution in [2.75, 3.05) is 39.6 Å². The van der Waals surface area contributed by atoms with Crippen LogP contribution in [0.5, 0.6) is 0 Å². The van der Waals surface area contributed by atoms with Gasteiger partial charge in [0.2, 0.25) is 0 Å². The van der Waals surface area contributed by atoms with Gasteiger partial charge in [-0.2, -0.15) is 0 Å². The summed E-state index contributed by atoms with van der Waals surface area (Å²) in [6.07, 6.45) is 1.12. The van der Waals surface area contributed by atoms with Gasteiger partial charge in [-0.3, -0.25) is 0 Å². The molecule has 3 fully saturated rings. The fourth-order valence-electron chi connectivity index (χ4n) is 4.96. The van der Waals surface area contributed by atoms with Gasteiger partial charge in [0.05, 0.1) is 19.8 Å². The van der Waals surface area contributed by atoms with Gasteiger partial charge in [0, 0.05) is 25.4 Å². The van der Waals surface area contributed by atoms with E-state index in [1.807, 2.05) is 30.3 Å². The first kappa shape index (κ1) is 29.8. The van der Waals surface area contributed by atoms with E-state index in [1.165, 1.54) is 0 Å². The van der Waals surface area contributed by atoms with E-state index in [9.17, 15) is 5.11 Å². The van der Waals surface area contributed by atoms with Crippen LogP contribution in [0.2, 0.25) is 0 Å². The average Bonchev–Trinajstić information content (AvgIpc) is 3.47. The highest BCUT2D eigenvalue weighted by Gasteiger charge is 2.61. The number of aliphatic hydroxyl groups excluding tert-OH is 1. The molecule has 0 radical (unpaired) electrons. The number of fused-ring (bicyclic) bond motifs is 1. The topological polar surface area (TPSA) is 94.1 Å². The Kier molecular flexibility index (Phi) is 11.8. The molecule has 1 aromatic carbocycles. The lowest BCUT2D eigenvalue weighted by molar-refractivity contribution is -0.312. The second-order valence-electron chi connectivity index (χ2n) is 10.3. The molecule has 1 N–H and O–H groups in total. The molecule has 3 aliphatic heterocycles. The van der Waals surface area contributed by atoms with Gasteiger partial charge in [-0.1, -0.05) is 70.4 Å². The molecule has 0 bridgehead atoms. The van der Waals surface area contributed by atoms with Crippen LogP contribution in [-0.2, 0) is 37.9 Å². The van der Waals surface area contributed by atoms with Crippen molar-refractivity contribution in [1.29, 1.82) is 0 Å². The molecule has 9 nitrogen and oxygen atoms in total. The van der Waals surface area contributed by atoms with Crippen molar-refractivity contribution in [1.82, 2.24) is 0 Å². The molecule has 4 unspecified atom stereocenters. The van der Waals surface area contributed by atoms with E-state index in [0.29, 0.717) is 26.4 Å². The Bertz CT molecular complexity index is 796. The van der Waals surface area contributed by atoms with E-state index in [-0.39, 0.29) is 13.2 Å². The van der Waals surface area contributed by atoms with Crippen LogP contribution in [0.15, 0.2) is 30.3 Å². The fraction of sp³-hybridized carbons (Fsp3) is 0.793. The van der Waals surface area contributed by atoms with E-state index >= 15 is 0 Å². The van der Waals surface area contributed by atoms with E-state index in [4.69, 9.17) is 37.9 Å². The van der Waals surface area contributed by atoms with Crippen molar-refractivity contribution in [2.24, 2.45) is 0 Å². The molecule has 38 heavy (non-hydrogen) atoms. The second-order valence-corrected chi connectivity index (χ2v) is 10.3. The van der Waals surface area contributed by atoms with Gasteiger partial charge in [-0.15, -0.1) is 0 Å². The Balaban J connectivity index is 1.52. The van der Waals surface area contributed by atoms with Crippen molar-refractivity contribution in [3.63, 3.8) is 0 Å². The molecule has 4 rings (SSSR count). The van der Waals surface area contributed by atoms with Crippen LogP contribution >= 0.6 is 0 Å². The lowest BCUT2D eigenvalue weighted by Crippen LogP contribution is -2.58. The Morgan fingerprint density at radius 1 is 0.895 bits per heavy atom. The van der Waals surface area contributed by atoms with Crippen LogP contribution in [0.25, 0.3) is 0 Å². The second kappa shape index (κ2) is 15.0. The SMILES string of the molecule is CCCCOCC12CO[C@@H](OC3C(OCCCC)[C@H](O)OC[C@H]3OCCCC)C1O[C@H](c1ccccc1)O2. The van der Waals surface area contributed by atoms with E-state index in [0.717, 1.165) is 44.1 Å². The molecule has 9 heteroatoms. The molecule has 0 amide bonds. The summed E-state index contributed by atoms with van der Waals surface area (Å²) in [7, 11) is 0. The summed E-state index contributed by atoms with van der Waals surface area (Å²) in [5.74, 6) is 0. The first-order valence-electron chi connectivity index (χ1n) is 14.4. The minimum atomic E-state index is -1.12. The van der Waals surface area contributed by atoms with Gasteiger partial charge in [0.25, 0.3) is 0 Å². The van der Waals surface area contributed by atoms with Crippen molar-refractivity contribution in [2.45, 2.75) is 108 Å². The molecular formula is C29H46O9. The third-order valence-electron chi connectivity index (χ3n) is 7.26. The van der Waals surface area contributed by atoms with Gasteiger partial charge in [-0.05, 0) is 19.3 Å². The quantitative estimate of drug-likeness (QED) is 0.312. The highest BCUT2D eigenvalue weighted by atomic mass is 16.8. The Labute approximate surface area is 227 Å². The van der Waals surface area contributed by atoms with Gasteiger partial charge in [0.15, 0.2) is 18.9 Å². The number of rotatable bonds is 16. The van der Waals surface area contributed by atoms with E-state index in [1.54, 1.807) is 0 Å². The maximum Gasteiger partial charge on any atom is 0.187 e. The number of hydrogen-bond donors (Lipinski definition) is 1. The summed E-state index contributed by atoms with van der Waals surface area (Å²) in [6, 6.07) is 9.86. The summed E-state index contributed by atoms with van der Waals surface area (Å²) in [5.41, 5.74) is 0.122. The number of aliphatic hydroxyl groups is 1. The molecular weight excluding hydrogens is 492 g/mol.